The third-order valence-corrected chi connectivity index (χ3v) is 3.73. The largest absolute Gasteiger partial charge is 0.286 e. The van der Waals surface area contributed by atoms with Gasteiger partial charge in [-0.15, -0.1) is 0 Å². The van der Waals surface area contributed by atoms with Crippen LogP contribution in [0.2, 0.25) is 0 Å². The molecule has 1 aliphatic rings. The lowest BCUT2D eigenvalue weighted by molar-refractivity contribution is 0.253. The molecule has 0 aliphatic carbocycles. The van der Waals surface area contributed by atoms with Crippen molar-refractivity contribution >= 4 is 11.8 Å². The molecule has 0 spiro atoms. The molecule has 2 nitrogen and oxygen atoms in total. The molecule has 0 aromatic carbocycles. The molecule has 0 bridgehead atoms. The van der Waals surface area contributed by atoms with Gasteiger partial charge in [-0.2, -0.15) is 17.0 Å². The molecule has 1 saturated heterocycles. The Morgan fingerprint density at radius 1 is 1.75 bits per heavy atom. The molecule has 12 heavy (non-hydrogen) atoms. The Bertz CT molecular complexity index is 176. The molecular formula is C9H16N2S. The zero-order valence-corrected chi connectivity index (χ0v) is 8.60. The van der Waals surface area contributed by atoms with Crippen LogP contribution in [0.1, 0.15) is 20.3 Å². The molecule has 68 valence electrons. The molecule has 1 heterocycles. The van der Waals surface area contributed by atoms with Crippen molar-refractivity contribution in [2.45, 2.75) is 31.6 Å². The molecule has 0 N–H and O–H groups in total. The minimum atomic E-state index is 0.0972. The van der Waals surface area contributed by atoms with Crippen LogP contribution in [0.4, 0.5) is 0 Å². The van der Waals surface area contributed by atoms with Gasteiger partial charge in [0, 0.05) is 24.1 Å². The first-order valence-electron chi connectivity index (χ1n) is 4.53. The maximum atomic E-state index is 8.75. The van der Waals surface area contributed by atoms with Gasteiger partial charge in [-0.1, -0.05) is 6.92 Å². The van der Waals surface area contributed by atoms with Crippen molar-refractivity contribution in [2.75, 3.05) is 18.8 Å². The number of hydrogen-bond donors (Lipinski definition) is 0. The molecule has 0 saturated carbocycles. The first kappa shape index (κ1) is 9.88. The Morgan fingerprint density at radius 2 is 2.50 bits per heavy atom. The number of thioether (sulfide) groups is 1. The van der Waals surface area contributed by atoms with Crippen molar-refractivity contribution in [2.24, 2.45) is 0 Å². The lowest BCUT2D eigenvalue weighted by atomic mass is 10.2. The van der Waals surface area contributed by atoms with Gasteiger partial charge in [0.05, 0.1) is 12.1 Å². The first-order valence-corrected chi connectivity index (χ1v) is 5.58. The topological polar surface area (TPSA) is 27.0 Å². The van der Waals surface area contributed by atoms with E-state index in [4.69, 9.17) is 5.26 Å². The summed E-state index contributed by atoms with van der Waals surface area (Å²) in [5.74, 6) is 1.19. The number of hydrogen-bond acceptors (Lipinski definition) is 3. The van der Waals surface area contributed by atoms with Crippen molar-refractivity contribution < 1.29 is 0 Å². The summed E-state index contributed by atoms with van der Waals surface area (Å²) in [5.41, 5.74) is 0. The molecule has 0 amide bonds. The normalized spacial score (nSPS) is 27.9. The number of nitriles is 1. The third kappa shape index (κ3) is 2.40. The zero-order valence-electron chi connectivity index (χ0n) is 7.79. The van der Waals surface area contributed by atoms with E-state index in [1.165, 1.54) is 12.2 Å². The number of nitrogens with zero attached hydrogens (tertiary/aromatic N) is 2. The highest BCUT2D eigenvalue weighted by molar-refractivity contribution is 8.00. The van der Waals surface area contributed by atoms with E-state index in [9.17, 15) is 0 Å². The second-order valence-electron chi connectivity index (χ2n) is 3.20. The first-order chi connectivity index (χ1) is 5.77. The number of rotatable bonds is 2. The van der Waals surface area contributed by atoms with Gasteiger partial charge in [0.2, 0.25) is 0 Å². The summed E-state index contributed by atoms with van der Waals surface area (Å²) in [6, 6.07) is 2.39. The lowest BCUT2D eigenvalue weighted by Gasteiger charge is -2.33. The van der Waals surface area contributed by atoms with Crippen molar-refractivity contribution in [1.29, 1.82) is 5.26 Å². The molecule has 1 rings (SSSR count). The summed E-state index contributed by atoms with van der Waals surface area (Å²) >= 11 is 2.04. The second-order valence-corrected chi connectivity index (χ2v) is 4.61. The molecule has 0 aromatic rings. The van der Waals surface area contributed by atoms with E-state index >= 15 is 0 Å². The van der Waals surface area contributed by atoms with E-state index < -0.39 is 0 Å². The Labute approximate surface area is 78.9 Å². The van der Waals surface area contributed by atoms with Crippen LogP contribution in [0.5, 0.6) is 0 Å². The van der Waals surface area contributed by atoms with Gasteiger partial charge in [0.15, 0.2) is 0 Å². The van der Waals surface area contributed by atoms with Gasteiger partial charge in [-0.05, 0) is 13.3 Å². The van der Waals surface area contributed by atoms with Gasteiger partial charge in [-0.3, -0.25) is 4.90 Å². The Morgan fingerprint density at radius 3 is 3.08 bits per heavy atom. The zero-order chi connectivity index (χ0) is 8.97. The van der Waals surface area contributed by atoms with Crippen LogP contribution in [-0.2, 0) is 0 Å². The molecule has 2 atom stereocenters. The molecule has 0 radical (unpaired) electrons. The monoisotopic (exact) mass is 184 g/mol. The summed E-state index contributed by atoms with van der Waals surface area (Å²) in [4.78, 5) is 2.28. The summed E-state index contributed by atoms with van der Waals surface area (Å²) in [6.45, 7) is 6.38. The average Bonchev–Trinajstić information content (AvgIpc) is 2.17. The summed E-state index contributed by atoms with van der Waals surface area (Å²) in [7, 11) is 0. The highest BCUT2D eigenvalue weighted by atomic mass is 32.2. The maximum absolute atomic E-state index is 8.75. The van der Waals surface area contributed by atoms with Gasteiger partial charge in [0.25, 0.3) is 0 Å². The summed E-state index contributed by atoms with van der Waals surface area (Å²) in [6.07, 6.45) is 1.22. The molecule has 1 aliphatic heterocycles. The predicted octanol–water partition coefficient (Wildman–Crippen LogP) is 1.73. The molecule has 1 fully saturated rings. The average molecular weight is 184 g/mol. The van der Waals surface area contributed by atoms with Gasteiger partial charge in [-0.25, -0.2) is 0 Å². The SMILES string of the molecule is CCC1CN(C(C)C#N)CCS1. The van der Waals surface area contributed by atoms with Crippen LogP contribution in [0.3, 0.4) is 0 Å². The maximum Gasteiger partial charge on any atom is 0.0950 e. The van der Waals surface area contributed by atoms with Gasteiger partial charge >= 0.3 is 0 Å². The highest BCUT2D eigenvalue weighted by Gasteiger charge is 2.22. The van der Waals surface area contributed by atoms with E-state index in [0.29, 0.717) is 0 Å². The molecular weight excluding hydrogens is 168 g/mol. The van der Waals surface area contributed by atoms with Crippen molar-refractivity contribution in [3.05, 3.63) is 0 Å². The van der Waals surface area contributed by atoms with E-state index in [0.717, 1.165) is 18.3 Å². The minimum absolute atomic E-state index is 0.0972. The van der Waals surface area contributed by atoms with E-state index in [-0.39, 0.29) is 6.04 Å². The summed E-state index contributed by atoms with van der Waals surface area (Å²) < 4.78 is 0. The smallest absolute Gasteiger partial charge is 0.0950 e. The van der Waals surface area contributed by atoms with E-state index in [2.05, 4.69) is 17.9 Å². The van der Waals surface area contributed by atoms with Crippen molar-refractivity contribution in [1.82, 2.24) is 4.90 Å². The standard InChI is InChI=1S/C9H16N2S/c1-3-9-7-11(4-5-12-9)8(2)6-10/h8-9H,3-5,7H2,1-2H3. The molecule has 3 heteroatoms. The van der Waals surface area contributed by atoms with Crippen LogP contribution in [0.15, 0.2) is 0 Å². The second kappa shape index (κ2) is 4.74. The third-order valence-electron chi connectivity index (χ3n) is 2.36. The fourth-order valence-electron chi connectivity index (χ4n) is 1.42. The highest BCUT2D eigenvalue weighted by Crippen LogP contribution is 2.22. The molecule has 0 aromatic heterocycles. The Kier molecular flexibility index (Phi) is 3.90. The lowest BCUT2D eigenvalue weighted by Crippen LogP contribution is -2.42. The van der Waals surface area contributed by atoms with E-state index in [1.54, 1.807) is 0 Å². The Hall–Kier alpha value is -0.200. The Balaban J connectivity index is 2.41. The van der Waals surface area contributed by atoms with Crippen LogP contribution >= 0.6 is 11.8 Å². The van der Waals surface area contributed by atoms with Gasteiger partial charge in [0.1, 0.15) is 0 Å². The minimum Gasteiger partial charge on any atom is -0.286 e. The van der Waals surface area contributed by atoms with E-state index in [1.807, 2.05) is 18.7 Å². The predicted molar refractivity (Wildman–Crippen MR) is 53.2 cm³/mol. The van der Waals surface area contributed by atoms with Crippen LogP contribution in [-0.4, -0.2) is 35.0 Å². The quantitative estimate of drug-likeness (QED) is 0.654. The fourth-order valence-corrected chi connectivity index (χ4v) is 2.63. The van der Waals surface area contributed by atoms with Crippen molar-refractivity contribution in [3.8, 4) is 6.07 Å². The van der Waals surface area contributed by atoms with Gasteiger partial charge < -0.3 is 0 Å². The van der Waals surface area contributed by atoms with Crippen molar-refractivity contribution in [3.63, 3.8) is 0 Å². The fraction of sp³-hybridized carbons (Fsp3) is 0.889. The summed E-state index contributed by atoms with van der Waals surface area (Å²) in [5, 5.41) is 9.49. The molecule has 2 unspecified atom stereocenters. The van der Waals surface area contributed by atoms with Crippen LogP contribution < -0.4 is 0 Å². The van der Waals surface area contributed by atoms with Crippen LogP contribution in [0, 0.1) is 11.3 Å². The van der Waals surface area contributed by atoms with Crippen LogP contribution in [0.25, 0.3) is 0 Å².